The third-order valence-corrected chi connectivity index (χ3v) is 4.13. The third-order valence-electron chi connectivity index (χ3n) is 3.82. The second kappa shape index (κ2) is 6.38. The lowest BCUT2D eigenvalue weighted by molar-refractivity contribution is -0.117. The smallest absolute Gasteiger partial charge is 0.255 e. The van der Waals surface area contributed by atoms with Gasteiger partial charge in [0.2, 0.25) is 5.91 Å². The molecule has 0 spiro atoms. The molecule has 118 valence electrons. The largest absolute Gasteiger partial charge is 0.352 e. The van der Waals surface area contributed by atoms with Crippen LogP contribution in [0.1, 0.15) is 28.3 Å². The molecule has 1 unspecified atom stereocenters. The number of halogens is 2. The van der Waals surface area contributed by atoms with Crippen molar-refractivity contribution in [1.29, 1.82) is 0 Å². The third kappa shape index (κ3) is 3.05. The summed E-state index contributed by atoms with van der Waals surface area (Å²) < 4.78 is 13.7. The monoisotopic (exact) mass is 332 g/mol. The van der Waals surface area contributed by atoms with Crippen molar-refractivity contribution in [3.05, 3.63) is 64.4 Å². The first-order valence-corrected chi connectivity index (χ1v) is 7.57. The lowest BCUT2D eigenvalue weighted by Gasteiger charge is -2.11. The Labute approximate surface area is 137 Å². The highest BCUT2D eigenvalue weighted by Crippen LogP contribution is 2.33. The number of carbonyl (C=O) groups is 2. The highest BCUT2D eigenvalue weighted by atomic mass is 35.5. The van der Waals surface area contributed by atoms with Crippen molar-refractivity contribution in [3.63, 3.8) is 0 Å². The molecule has 0 saturated heterocycles. The molecule has 1 atom stereocenters. The van der Waals surface area contributed by atoms with E-state index in [1.54, 1.807) is 0 Å². The summed E-state index contributed by atoms with van der Waals surface area (Å²) in [4.78, 5) is 24.0. The number of hydrogen-bond donors (Lipinski definition) is 2. The van der Waals surface area contributed by atoms with Crippen molar-refractivity contribution in [1.82, 2.24) is 5.32 Å². The van der Waals surface area contributed by atoms with Crippen LogP contribution < -0.4 is 10.6 Å². The van der Waals surface area contributed by atoms with Crippen molar-refractivity contribution in [2.75, 3.05) is 11.9 Å². The number of benzene rings is 2. The number of carbonyl (C=O) groups excluding carboxylic acids is 2. The van der Waals surface area contributed by atoms with E-state index < -0.39 is 11.7 Å². The van der Waals surface area contributed by atoms with Gasteiger partial charge in [-0.05, 0) is 30.2 Å². The molecule has 2 amide bonds. The van der Waals surface area contributed by atoms with Crippen LogP contribution >= 0.6 is 11.6 Å². The Morgan fingerprint density at radius 2 is 2.00 bits per heavy atom. The van der Waals surface area contributed by atoms with Gasteiger partial charge in [0, 0.05) is 12.2 Å². The maximum absolute atomic E-state index is 13.7. The zero-order valence-electron chi connectivity index (χ0n) is 12.1. The van der Waals surface area contributed by atoms with Crippen LogP contribution in [0, 0.1) is 5.82 Å². The molecule has 0 aliphatic carbocycles. The molecule has 2 aromatic rings. The molecule has 2 N–H and O–H groups in total. The second-order valence-electron chi connectivity index (χ2n) is 5.27. The van der Waals surface area contributed by atoms with Crippen LogP contribution in [0.25, 0.3) is 0 Å². The topological polar surface area (TPSA) is 58.2 Å². The minimum Gasteiger partial charge on any atom is -0.352 e. The van der Waals surface area contributed by atoms with E-state index in [0.717, 1.165) is 11.3 Å². The quantitative estimate of drug-likeness (QED) is 0.902. The molecule has 23 heavy (non-hydrogen) atoms. The first-order valence-electron chi connectivity index (χ1n) is 7.20. The number of para-hydroxylation sites is 1. The number of amides is 2. The Morgan fingerprint density at radius 3 is 2.78 bits per heavy atom. The Bertz CT molecular complexity index is 759. The standard InChI is InChI=1S/C17H14ClFN2O2/c18-12-5-3-6-13(19)15(12)17(23)20-9-8-11-10-4-1-2-7-14(10)21-16(11)22/h1-7,11H,8-9H2,(H,20,23)(H,21,22). The Morgan fingerprint density at radius 1 is 1.22 bits per heavy atom. The minimum absolute atomic E-state index is 0.0615. The average molecular weight is 333 g/mol. The summed E-state index contributed by atoms with van der Waals surface area (Å²) in [5.41, 5.74) is 1.53. The van der Waals surface area contributed by atoms with Crippen molar-refractivity contribution in [3.8, 4) is 0 Å². The van der Waals surface area contributed by atoms with Gasteiger partial charge in [-0.1, -0.05) is 35.9 Å². The fourth-order valence-corrected chi connectivity index (χ4v) is 2.94. The van der Waals surface area contributed by atoms with Gasteiger partial charge in [0.25, 0.3) is 5.91 Å². The van der Waals surface area contributed by atoms with Gasteiger partial charge in [-0.2, -0.15) is 0 Å². The van der Waals surface area contributed by atoms with Crippen LogP contribution in [0.5, 0.6) is 0 Å². The number of rotatable bonds is 4. The highest BCUT2D eigenvalue weighted by Gasteiger charge is 2.29. The SMILES string of the molecule is O=C(NCCC1C(=O)Nc2ccccc21)c1c(F)cccc1Cl. The minimum atomic E-state index is -0.668. The first kappa shape index (κ1) is 15.5. The molecule has 1 heterocycles. The summed E-state index contributed by atoms with van der Waals surface area (Å²) >= 11 is 5.86. The van der Waals surface area contributed by atoms with Crippen molar-refractivity contribution >= 4 is 29.1 Å². The zero-order chi connectivity index (χ0) is 16.4. The van der Waals surface area contributed by atoms with E-state index in [9.17, 15) is 14.0 Å². The molecule has 0 radical (unpaired) electrons. The summed E-state index contributed by atoms with van der Waals surface area (Å²) in [6, 6.07) is 11.5. The van der Waals surface area contributed by atoms with Crippen LogP contribution in [0.4, 0.5) is 10.1 Å². The highest BCUT2D eigenvalue weighted by molar-refractivity contribution is 6.33. The molecular weight excluding hydrogens is 319 g/mol. The molecular formula is C17H14ClFN2O2. The summed E-state index contributed by atoms with van der Waals surface area (Å²) in [7, 11) is 0. The van der Waals surface area contributed by atoms with E-state index in [1.165, 1.54) is 18.2 Å². The van der Waals surface area contributed by atoms with Gasteiger partial charge in [0.15, 0.2) is 0 Å². The zero-order valence-corrected chi connectivity index (χ0v) is 12.9. The van der Waals surface area contributed by atoms with Crippen molar-refractivity contribution in [2.24, 2.45) is 0 Å². The van der Waals surface area contributed by atoms with Crippen LogP contribution in [-0.4, -0.2) is 18.4 Å². The van der Waals surface area contributed by atoms with Gasteiger partial charge in [-0.15, -0.1) is 0 Å². The summed E-state index contributed by atoms with van der Waals surface area (Å²) in [6.45, 7) is 0.246. The van der Waals surface area contributed by atoms with E-state index in [-0.39, 0.29) is 29.0 Å². The maximum Gasteiger partial charge on any atom is 0.255 e. The van der Waals surface area contributed by atoms with Crippen molar-refractivity contribution in [2.45, 2.75) is 12.3 Å². The van der Waals surface area contributed by atoms with Gasteiger partial charge in [0.05, 0.1) is 16.5 Å². The normalized spacial score (nSPS) is 15.9. The van der Waals surface area contributed by atoms with Gasteiger partial charge < -0.3 is 10.6 Å². The Kier molecular flexibility index (Phi) is 4.30. The Balaban J connectivity index is 1.64. The van der Waals surface area contributed by atoms with Crippen LogP contribution in [-0.2, 0) is 4.79 Å². The lowest BCUT2D eigenvalue weighted by Crippen LogP contribution is -2.28. The number of nitrogens with one attached hydrogen (secondary N) is 2. The summed E-state index contributed by atoms with van der Waals surface area (Å²) in [5, 5.41) is 5.48. The van der Waals surface area contributed by atoms with E-state index in [1.807, 2.05) is 24.3 Å². The molecule has 3 rings (SSSR count). The van der Waals surface area contributed by atoms with E-state index in [2.05, 4.69) is 10.6 Å². The molecule has 0 bridgehead atoms. The lowest BCUT2D eigenvalue weighted by atomic mass is 9.97. The summed E-state index contributed by atoms with van der Waals surface area (Å²) in [5.74, 6) is -1.66. The molecule has 4 nitrogen and oxygen atoms in total. The first-order chi connectivity index (χ1) is 11.1. The molecule has 0 fully saturated rings. The average Bonchev–Trinajstić information content (AvgIpc) is 2.83. The number of hydrogen-bond acceptors (Lipinski definition) is 2. The number of fused-ring (bicyclic) bond motifs is 1. The fraction of sp³-hybridized carbons (Fsp3) is 0.176. The van der Waals surface area contributed by atoms with E-state index in [0.29, 0.717) is 6.42 Å². The summed E-state index contributed by atoms with van der Waals surface area (Å²) in [6.07, 6.45) is 0.431. The van der Waals surface area contributed by atoms with Gasteiger partial charge >= 0.3 is 0 Å². The fourth-order valence-electron chi connectivity index (χ4n) is 2.70. The molecule has 1 aliphatic heterocycles. The second-order valence-corrected chi connectivity index (χ2v) is 5.68. The van der Waals surface area contributed by atoms with Gasteiger partial charge in [0.1, 0.15) is 5.82 Å². The molecule has 0 saturated carbocycles. The predicted molar refractivity (Wildman–Crippen MR) is 86.2 cm³/mol. The van der Waals surface area contributed by atoms with Crippen LogP contribution in [0.15, 0.2) is 42.5 Å². The molecule has 2 aromatic carbocycles. The molecule has 0 aromatic heterocycles. The predicted octanol–water partition coefficient (Wildman–Crippen LogP) is 3.33. The van der Waals surface area contributed by atoms with E-state index >= 15 is 0 Å². The number of anilines is 1. The van der Waals surface area contributed by atoms with E-state index in [4.69, 9.17) is 11.6 Å². The van der Waals surface area contributed by atoms with Gasteiger partial charge in [-0.25, -0.2) is 4.39 Å². The van der Waals surface area contributed by atoms with Crippen LogP contribution in [0.3, 0.4) is 0 Å². The van der Waals surface area contributed by atoms with Crippen molar-refractivity contribution < 1.29 is 14.0 Å². The van der Waals surface area contributed by atoms with Gasteiger partial charge in [-0.3, -0.25) is 9.59 Å². The Hall–Kier alpha value is -2.40. The van der Waals surface area contributed by atoms with Crippen LogP contribution in [0.2, 0.25) is 5.02 Å². The maximum atomic E-state index is 13.7. The molecule has 1 aliphatic rings. The molecule has 6 heteroatoms.